The first-order valence-electron chi connectivity index (χ1n) is 11.8. The number of aliphatic carboxylic acids is 1. The summed E-state index contributed by atoms with van der Waals surface area (Å²) in [6.45, 7) is 2.32. The maximum absolute atomic E-state index is 14.4. The number of ether oxygens (including phenoxy) is 2. The van der Waals surface area contributed by atoms with E-state index in [1.54, 1.807) is 26.2 Å². The normalized spacial score (nSPS) is 18.4. The Morgan fingerprint density at radius 2 is 1.83 bits per heavy atom. The summed E-state index contributed by atoms with van der Waals surface area (Å²) in [5, 5.41) is 11.6. The van der Waals surface area contributed by atoms with Crippen LogP contribution < -0.4 is 44.1 Å². The number of hydrogen-bond donors (Lipinski definition) is 0. The second-order valence-electron chi connectivity index (χ2n) is 9.52. The standard InChI is InChI=1S/C29H29FO4.Na/c1-17(29(31)32)28(20-7-8-20)21-9-12-27-22(13-21)14-23(16-34-27)18-3-5-19(6-4-18)25-15-24(33-2)10-11-26(25)30;/h3-6,9-13,15,17,20,23,28H,7-8,14,16H2,1-2H3,(H,31,32);/q;+1/p-1/t17-,23?,28-;/m0./s1. The van der Waals surface area contributed by atoms with Gasteiger partial charge in [0.2, 0.25) is 0 Å². The van der Waals surface area contributed by atoms with E-state index in [2.05, 4.69) is 6.07 Å². The molecule has 3 aromatic rings. The zero-order valence-electron chi connectivity index (χ0n) is 20.4. The molecule has 1 saturated carbocycles. The molecule has 5 rings (SSSR count). The first-order valence-corrected chi connectivity index (χ1v) is 11.8. The van der Waals surface area contributed by atoms with Crippen LogP contribution in [0.4, 0.5) is 4.39 Å². The van der Waals surface area contributed by atoms with E-state index < -0.39 is 11.9 Å². The quantitative estimate of drug-likeness (QED) is 0.484. The second kappa shape index (κ2) is 10.7. The number of benzene rings is 3. The zero-order chi connectivity index (χ0) is 23.8. The van der Waals surface area contributed by atoms with Crippen molar-refractivity contribution in [1.82, 2.24) is 0 Å². The Morgan fingerprint density at radius 3 is 2.49 bits per heavy atom. The number of fused-ring (bicyclic) bond motifs is 1. The molecular weight excluding hydrogens is 454 g/mol. The first kappa shape index (κ1) is 25.7. The number of carboxylic acids is 1. The molecule has 1 heterocycles. The van der Waals surface area contributed by atoms with Gasteiger partial charge in [-0.2, -0.15) is 0 Å². The van der Waals surface area contributed by atoms with Crippen LogP contribution in [0.5, 0.6) is 11.5 Å². The molecule has 4 nitrogen and oxygen atoms in total. The Morgan fingerprint density at radius 1 is 1.09 bits per heavy atom. The summed E-state index contributed by atoms with van der Waals surface area (Å²) >= 11 is 0. The van der Waals surface area contributed by atoms with Crippen molar-refractivity contribution >= 4 is 5.97 Å². The summed E-state index contributed by atoms with van der Waals surface area (Å²) in [7, 11) is 1.57. The van der Waals surface area contributed by atoms with Crippen LogP contribution >= 0.6 is 0 Å². The number of carbonyl (C=O) groups is 1. The fourth-order valence-electron chi connectivity index (χ4n) is 5.19. The molecule has 0 bridgehead atoms. The first-order chi connectivity index (χ1) is 16.4. The van der Waals surface area contributed by atoms with E-state index in [4.69, 9.17) is 9.47 Å². The van der Waals surface area contributed by atoms with E-state index in [0.717, 1.165) is 47.3 Å². The van der Waals surface area contributed by atoms with Gasteiger partial charge in [0.25, 0.3) is 0 Å². The predicted octanol–water partition coefficient (Wildman–Crippen LogP) is 2.10. The monoisotopic (exact) mass is 482 g/mol. The van der Waals surface area contributed by atoms with Crippen LogP contribution in [-0.4, -0.2) is 19.7 Å². The van der Waals surface area contributed by atoms with Gasteiger partial charge in [-0.15, -0.1) is 0 Å². The summed E-state index contributed by atoms with van der Waals surface area (Å²) < 4.78 is 25.7. The molecule has 3 atom stereocenters. The Bertz CT molecular complexity index is 1210. The molecule has 0 spiro atoms. The van der Waals surface area contributed by atoms with Crippen LogP contribution in [0.2, 0.25) is 0 Å². The third-order valence-electron chi connectivity index (χ3n) is 7.28. The minimum absolute atomic E-state index is 0. The van der Waals surface area contributed by atoms with Crippen molar-refractivity contribution in [3.8, 4) is 22.6 Å². The van der Waals surface area contributed by atoms with Gasteiger partial charge in [-0.25, -0.2) is 4.39 Å². The van der Waals surface area contributed by atoms with Crippen molar-refractivity contribution in [2.24, 2.45) is 11.8 Å². The van der Waals surface area contributed by atoms with Crippen molar-refractivity contribution in [2.45, 2.75) is 38.0 Å². The van der Waals surface area contributed by atoms with Crippen LogP contribution in [0, 0.1) is 17.7 Å². The van der Waals surface area contributed by atoms with Crippen molar-refractivity contribution in [1.29, 1.82) is 0 Å². The molecule has 2 aliphatic rings. The average molecular weight is 483 g/mol. The molecule has 0 radical (unpaired) electrons. The zero-order valence-corrected chi connectivity index (χ0v) is 22.4. The van der Waals surface area contributed by atoms with E-state index in [1.165, 1.54) is 6.07 Å². The molecule has 1 aliphatic carbocycles. The smallest absolute Gasteiger partial charge is 0.550 e. The van der Waals surface area contributed by atoms with E-state index >= 15 is 0 Å². The molecule has 35 heavy (non-hydrogen) atoms. The molecule has 176 valence electrons. The molecule has 3 aromatic carbocycles. The molecule has 0 N–H and O–H groups in total. The van der Waals surface area contributed by atoms with Gasteiger partial charge < -0.3 is 19.4 Å². The van der Waals surface area contributed by atoms with Gasteiger partial charge in [0.15, 0.2) is 0 Å². The Kier molecular flexibility index (Phi) is 7.89. The van der Waals surface area contributed by atoms with Gasteiger partial charge in [0.05, 0.1) is 13.7 Å². The minimum Gasteiger partial charge on any atom is -0.550 e. The van der Waals surface area contributed by atoms with E-state index in [-0.39, 0.29) is 47.2 Å². The molecule has 1 unspecified atom stereocenters. The largest absolute Gasteiger partial charge is 1.00 e. The van der Waals surface area contributed by atoms with Crippen LogP contribution in [0.25, 0.3) is 11.1 Å². The predicted molar refractivity (Wildman–Crippen MR) is 126 cm³/mol. The number of hydrogen-bond acceptors (Lipinski definition) is 4. The summed E-state index contributed by atoms with van der Waals surface area (Å²) in [4.78, 5) is 11.6. The molecule has 1 aliphatic heterocycles. The molecule has 1 fully saturated rings. The summed E-state index contributed by atoms with van der Waals surface area (Å²) in [6, 6.07) is 18.8. The van der Waals surface area contributed by atoms with Crippen molar-refractivity contribution < 1.29 is 53.3 Å². The maximum atomic E-state index is 14.4. The maximum Gasteiger partial charge on any atom is 1.00 e. The molecule has 0 aromatic heterocycles. The number of halogens is 1. The van der Waals surface area contributed by atoms with Gasteiger partial charge in [0, 0.05) is 23.4 Å². The van der Waals surface area contributed by atoms with Gasteiger partial charge in [0.1, 0.15) is 17.3 Å². The SMILES string of the molecule is COc1ccc(F)c(-c2ccc(C3COc4ccc([C@H](C5CC5)[C@H](C)C(=O)[O-])cc4C3)cc2)c1.[Na+]. The Labute approximate surface area is 227 Å². The summed E-state index contributed by atoms with van der Waals surface area (Å²) in [5.74, 6) is 0.254. The number of methoxy groups -OCH3 is 1. The van der Waals surface area contributed by atoms with Crippen molar-refractivity contribution in [3.63, 3.8) is 0 Å². The van der Waals surface area contributed by atoms with E-state index in [9.17, 15) is 14.3 Å². The Hall–Kier alpha value is -2.34. The third kappa shape index (κ3) is 5.42. The molecular formula is C29H28FNaO4. The van der Waals surface area contributed by atoms with Gasteiger partial charge in [-0.3, -0.25) is 0 Å². The molecule has 0 saturated heterocycles. The topological polar surface area (TPSA) is 58.6 Å². The van der Waals surface area contributed by atoms with E-state index in [1.807, 2.05) is 36.4 Å². The van der Waals surface area contributed by atoms with Crippen LogP contribution in [0.15, 0.2) is 60.7 Å². The second-order valence-corrected chi connectivity index (χ2v) is 9.52. The summed E-state index contributed by atoms with van der Waals surface area (Å²) in [5.41, 5.74) is 4.60. The van der Waals surface area contributed by atoms with Crippen molar-refractivity contribution in [2.75, 3.05) is 13.7 Å². The van der Waals surface area contributed by atoms with Crippen LogP contribution in [-0.2, 0) is 11.2 Å². The third-order valence-corrected chi connectivity index (χ3v) is 7.28. The Balaban J connectivity index is 0.00000289. The van der Waals surface area contributed by atoms with Gasteiger partial charge >= 0.3 is 29.6 Å². The summed E-state index contributed by atoms with van der Waals surface area (Å²) in [6.07, 6.45) is 2.95. The van der Waals surface area contributed by atoms with Crippen LogP contribution in [0.3, 0.4) is 0 Å². The minimum atomic E-state index is -0.990. The number of carboxylic acid groups (broad SMARTS) is 1. The van der Waals surface area contributed by atoms with Gasteiger partial charge in [-0.05, 0) is 77.6 Å². The molecule has 0 amide bonds. The fourth-order valence-corrected chi connectivity index (χ4v) is 5.19. The van der Waals surface area contributed by atoms with E-state index in [0.29, 0.717) is 23.8 Å². The number of carbonyl (C=O) groups excluding carboxylic acids is 1. The van der Waals surface area contributed by atoms with Crippen molar-refractivity contribution in [3.05, 3.63) is 83.2 Å². The molecule has 6 heteroatoms. The number of rotatable bonds is 7. The van der Waals surface area contributed by atoms with Gasteiger partial charge in [-0.1, -0.05) is 43.3 Å². The average Bonchev–Trinajstić information content (AvgIpc) is 3.69. The van der Waals surface area contributed by atoms with Crippen LogP contribution in [0.1, 0.15) is 48.3 Å². The fraction of sp³-hybridized carbons (Fsp3) is 0.345.